The van der Waals surface area contributed by atoms with Gasteiger partial charge in [0.15, 0.2) is 0 Å². The SMILES string of the molecule is CCCCc1ccc([C](c2ccc(CCCC)cc2)=[Hf+2]([C]2=CC=CC2)[CH]2c3cc(C)c(C(C)(C)C)cc3-c3cc(C(C)(C)C)c(C)cc32)cc1.[Cl-].[Cl-]. The second-order valence-electron chi connectivity index (χ2n) is 17.2. The molecule has 0 amide bonds. The van der Waals surface area contributed by atoms with Crippen molar-refractivity contribution in [3.63, 3.8) is 0 Å². The van der Waals surface area contributed by atoms with Crippen LogP contribution in [0.15, 0.2) is 94.4 Å². The van der Waals surface area contributed by atoms with E-state index in [1.54, 1.807) is 17.7 Å². The van der Waals surface area contributed by atoms with Crippen LogP contribution in [0.1, 0.15) is 147 Å². The number of benzene rings is 4. The Bertz CT molecular complexity index is 1840. The van der Waals surface area contributed by atoms with E-state index in [9.17, 15) is 0 Å². The van der Waals surface area contributed by atoms with Crippen molar-refractivity contribution in [1.82, 2.24) is 0 Å². The fraction of sp³-hybridized carbons (Fsp3) is 0.408. The van der Waals surface area contributed by atoms with Crippen LogP contribution in [0, 0.1) is 13.8 Å². The molecule has 274 valence electrons. The Morgan fingerprint density at radius 1 is 0.635 bits per heavy atom. The zero-order valence-electron chi connectivity index (χ0n) is 33.4. The van der Waals surface area contributed by atoms with Crippen LogP contribution >= 0.6 is 0 Å². The van der Waals surface area contributed by atoms with Crippen LogP contribution in [0.3, 0.4) is 0 Å². The van der Waals surface area contributed by atoms with E-state index in [0.717, 1.165) is 19.3 Å². The molecule has 0 aromatic heterocycles. The van der Waals surface area contributed by atoms with Crippen LogP contribution in [0.2, 0.25) is 0 Å². The van der Waals surface area contributed by atoms with Gasteiger partial charge in [0, 0.05) is 0 Å². The van der Waals surface area contributed by atoms with Crippen LogP contribution < -0.4 is 24.8 Å². The minimum absolute atomic E-state index is 0. The first-order valence-corrected chi connectivity index (χ1v) is 25.1. The molecule has 6 rings (SSSR count). The van der Waals surface area contributed by atoms with E-state index in [1.165, 1.54) is 81.3 Å². The summed E-state index contributed by atoms with van der Waals surface area (Å²) >= 11 is -3.02. The van der Waals surface area contributed by atoms with E-state index in [0.29, 0.717) is 3.67 Å². The molecule has 0 spiro atoms. The third-order valence-electron chi connectivity index (χ3n) is 11.1. The number of fused-ring (bicyclic) bond motifs is 3. The summed E-state index contributed by atoms with van der Waals surface area (Å²) in [5, 5.41) is 0. The average molecular weight is 898 g/mol. The zero-order valence-corrected chi connectivity index (χ0v) is 38.5. The van der Waals surface area contributed by atoms with E-state index in [1.807, 2.05) is 0 Å². The maximum Gasteiger partial charge on any atom is -1.00 e. The average Bonchev–Trinajstić information content (AvgIpc) is 3.70. The Morgan fingerprint density at radius 3 is 1.40 bits per heavy atom. The van der Waals surface area contributed by atoms with Crippen molar-refractivity contribution >= 4 is 3.26 Å². The van der Waals surface area contributed by atoms with E-state index in [4.69, 9.17) is 0 Å². The van der Waals surface area contributed by atoms with Crippen LogP contribution in [-0.4, -0.2) is 3.26 Å². The van der Waals surface area contributed by atoms with E-state index in [-0.39, 0.29) is 35.6 Å². The molecule has 0 radical (unpaired) electrons. The Labute approximate surface area is 336 Å². The molecule has 0 saturated carbocycles. The Morgan fingerprint density at radius 2 is 1.06 bits per heavy atom. The smallest absolute Gasteiger partial charge is 1.00 e. The number of aryl methyl sites for hydroxylation is 4. The molecule has 0 aliphatic heterocycles. The van der Waals surface area contributed by atoms with Crippen molar-refractivity contribution in [3.8, 4) is 11.1 Å². The molecule has 0 saturated heterocycles. The molecule has 0 nitrogen and oxygen atoms in total. The third kappa shape index (κ3) is 8.80. The van der Waals surface area contributed by atoms with Gasteiger partial charge in [-0.05, 0) is 0 Å². The van der Waals surface area contributed by atoms with Gasteiger partial charge in [0.05, 0.1) is 0 Å². The van der Waals surface area contributed by atoms with Crippen molar-refractivity contribution in [1.29, 1.82) is 0 Å². The summed E-state index contributed by atoms with van der Waals surface area (Å²) in [4.78, 5) is 0. The van der Waals surface area contributed by atoms with Gasteiger partial charge in [-0.1, -0.05) is 0 Å². The fourth-order valence-corrected chi connectivity index (χ4v) is 21.7. The minimum Gasteiger partial charge on any atom is -1.00 e. The molecule has 3 heteroatoms. The maximum absolute atomic E-state index is 3.02. The van der Waals surface area contributed by atoms with Crippen molar-refractivity contribution < 1.29 is 45.8 Å². The van der Waals surface area contributed by atoms with Gasteiger partial charge in [0.1, 0.15) is 0 Å². The van der Waals surface area contributed by atoms with Gasteiger partial charge >= 0.3 is 314 Å². The van der Waals surface area contributed by atoms with Crippen LogP contribution in [0.5, 0.6) is 0 Å². The molecule has 52 heavy (non-hydrogen) atoms. The fourth-order valence-electron chi connectivity index (χ4n) is 8.55. The van der Waals surface area contributed by atoms with E-state index in [2.05, 4.69) is 160 Å². The van der Waals surface area contributed by atoms with Crippen LogP contribution in [0.4, 0.5) is 0 Å². The summed E-state index contributed by atoms with van der Waals surface area (Å²) in [6.45, 7) is 23.6. The van der Waals surface area contributed by atoms with Gasteiger partial charge < -0.3 is 24.8 Å². The van der Waals surface area contributed by atoms with E-state index < -0.39 is 21.0 Å². The van der Waals surface area contributed by atoms with Crippen molar-refractivity contribution in [2.75, 3.05) is 0 Å². The number of unbranched alkanes of at least 4 members (excludes halogenated alkanes) is 2. The number of halogens is 2. The van der Waals surface area contributed by atoms with E-state index >= 15 is 0 Å². The molecular weight excluding hydrogens is 838 g/mol. The molecule has 0 unspecified atom stereocenters. The quantitative estimate of drug-likeness (QED) is 0.146. The summed E-state index contributed by atoms with van der Waals surface area (Å²) < 4.78 is 3.84. The predicted octanol–water partition coefficient (Wildman–Crippen LogP) is 7.39. The molecule has 0 heterocycles. The van der Waals surface area contributed by atoms with Gasteiger partial charge in [0.2, 0.25) is 0 Å². The van der Waals surface area contributed by atoms with Crippen LogP contribution in [-0.2, 0) is 44.6 Å². The van der Waals surface area contributed by atoms with Crippen LogP contribution in [0.25, 0.3) is 11.1 Å². The minimum atomic E-state index is -3.02. The maximum atomic E-state index is 2.62. The molecule has 0 N–H and O–H groups in total. The number of rotatable bonds is 10. The third-order valence-corrected chi connectivity index (χ3v) is 23.3. The normalized spacial score (nSPS) is 13.4. The topological polar surface area (TPSA) is 0 Å². The first kappa shape index (κ1) is 42.4. The predicted molar refractivity (Wildman–Crippen MR) is 216 cm³/mol. The summed E-state index contributed by atoms with van der Waals surface area (Å²) in [7, 11) is 0. The van der Waals surface area contributed by atoms with Gasteiger partial charge in [0.25, 0.3) is 0 Å². The first-order valence-electron chi connectivity index (χ1n) is 19.4. The number of allylic oxidation sites excluding steroid dienone is 4. The molecule has 0 atom stereocenters. The molecule has 4 aromatic carbocycles. The van der Waals surface area contributed by atoms with Crippen molar-refractivity contribution in [2.45, 2.75) is 129 Å². The Hall–Kier alpha value is -2.32. The Kier molecular flexibility index (Phi) is 14.2. The second kappa shape index (κ2) is 17.4. The van der Waals surface area contributed by atoms with Crippen molar-refractivity contribution in [2.24, 2.45) is 0 Å². The van der Waals surface area contributed by atoms with Crippen molar-refractivity contribution in [3.05, 3.63) is 150 Å². The van der Waals surface area contributed by atoms with Gasteiger partial charge in [-0.25, -0.2) is 0 Å². The second-order valence-corrected chi connectivity index (χ2v) is 26.3. The summed E-state index contributed by atoms with van der Waals surface area (Å²) in [6.07, 6.45) is 15.7. The summed E-state index contributed by atoms with van der Waals surface area (Å²) in [5.41, 5.74) is 18.0. The molecule has 2 aliphatic rings. The largest absolute Gasteiger partial charge is 1.00 e. The molecular formula is C49H60Cl2Hf. The molecule has 4 aromatic rings. The molecule has 0 bridgehead atoms. The standard InChI is InChI=1S/C23H29.C21H26.C5H5.2ClH.Hf/c1-14-9-16-11-17-10-15(2)21(23(6,7)8)13-19(17)18(16)12-20(14)22(3,4)5;1-3-5-7-18-9-13-20(14-10-18)17-21-15-11-19(12-16-21)8-6-4-2;1-2-4-5-3-1;;;/h9-13H,1-8H3;9-16H,3-8H2,1-2H3;1-3H,4H2;2*1H;/q;;;;;+2/p-2. The molecule has 2 aliphatic carbocycles. The van der Waals surface area contributed by atoms with Gasteiger partial charge in [-0.2, -0.15) is 0 Å². The number of hydrogen-bond acceptors (Lipinski definition) is 0. The molecule has 0 fully saturated rings. The zero-order chi connectivity index (χ0) is 35.8. The first-order chi connectivity index (χ1) is 23.8. The summed E-state index contributed by atoms with van der Waals surface area (Å²) in [5.74, 6) is 0. The monoisotopic (exact) mass is 898 g/mol. The van der Waals surface area contributed by atoms with Gasteiger partial charge in [-0.15, -0.1) is 0 Å². The van der Waals surface area contributed by atoms with Gasteiger partial charge in [-0.3, -0.25) is 0 Å². The Balaban J connectivity index is 0.00000302. The summed E-state index contributed by atoms with van der Waals surface area (Å²) in [6, 6.07) is 30.1. The number of hydrogen-bond donors (Lipinski definition) is 0.